The minimum absolute atomic E-state index is 0.269. The van der Waals surface area contributed by atoms with Gasteiger partial charge in [-0.3, -0.25) is 9.78 Å². The number of rotatable bonds is 4. The molecule has 0 saturated heterocycles. The second-order valence-corrected chi connectivity index (χ2v) is 6.36. The number of aromatic nitrogens is 1. The van der Waals surface area contributed by atoms with Crippen molar-refractivity contribution in [3.8, 4) is 0 Å². The van der Waals surface area contributed by atoms with Crippen molar-refractivity contribution >= 4 is 23.0 Å². The van der Waals surface area contributed by atoms with Crippen molar-refractivity contribution in [2.24, 2.45) is 0 Å². The number of carbonyl (C=O) groups excluding carboxylic acids is 1. The molecule has 3 aromatic rings. The normalized spacial score (nSPS) is 11.2. The van der Waals surface area contributed by atoms with Crippen LogP contribution < -0.4 is 10.6 Å². The molecule has 0 saturated carbocycles. The molecule has 0 aliphatic heterocycles. The quantitative estimate of drug-likeness (QED) is 0.605. The molecule has 0 unspecified atom stereocenters. The molecule has 2 N–H and O–H groups in total. The van der Waals surface area contributed by atoms with Gasteiger partial charge in [0.2, 0.25) is 0 Å². The van der Waals surface area contributed by atoms with Crippen LogP contribution in [0.3, 0.4) is 0 Å². The Kier molecular flexibility index (Phi) is 5.35. The van der Waals surface area contributed by atoms with Gasteiger partial charge in [0.05, 0.1) is 23.0 Å². The molecule has 1 aromatic heterocycles. The first-order valence-corrected chi connectivity index (χ1v) is 8.51. The SMILES string of the molecule is Cc1cccc(Nc2cncc(C(=O)Nc3ccc(C(F)(F)F)cc3)c2)c1C. The van der Waals surface area contributed by atoms with Gasteiger partial charge in [0.25, 0.3) is 5.91 Å². The van der Waals surface area contributed by atoms with Crippen LogP contribution >= 0.6 is 0 Å². The number of pyridine rings is 1. The average Bonchev–Trinajstić information content (AvgIpc) is 2.65. The molecule has 1 heterocycles. The molecule has 0 aliphatic rings. The highest BCUT2D eigenvalue weighted by Gasteiger charge is 2.30. The Bertz CT molecular complexity index is 999. The lowest BCUT2D eigenvalue weighted by Gasteiger charge is -2.12. The molecular weight excluding hydrogens is 367 g/mol. The molecule has 3 rings (SSSR count). The van der Waals surface area contributed by atoms with Gasteiger partial charge < -0.3 is 10.6 Å². The van der Waals surface area contributed by atoms with Crippen molar-refractivity contribution in [2.45, 2.75) is 20.0 Å². The molecule has 144 valence electrons. The zero-order valence-corrected chi connectivity index (χ0v) is 15.3. The minimum Gasteiger partial charge on any atom is -0.354 e. The predicted octanol–water partition coefficient (Wildman–Crippen LogP) is 5.71. The van der Waals surface area contributed by atoms with Crippen molar-refractivity contribution in [3.05, 3.63) is 83.2 Å². The fourth-order valence-electron chi connectivity index (χ4n) is 2.62. The van der Waals surface area contributed by atoms with Crippen LogP contribution in [0, 0.1) is 13.8 Å². The van der Waals surface area contributed by atoms with Crippen LogP contribution in [0.4, 0.5) is 30.2 Å². The molecule has 7 heteroatoms. The third kappa shape index (κ3) is 4.49. The first-order chi connectivity index (χ1) is 13.2. The summed E-state index contributed by atoms with van der Waals surface area (Å²) in [6.07, 6.45) is -1.43. The van der Waals surface area contributed by atoms with Crippen LogP contribution in [0.1, 0.15) is 27.0 Å². The number of halogens is 3. The third-order valence-electron chi connectivity index (χ3n) is 4.35. The number of benzene rings is 2. The van der Waals surface area contributed by atoms with Gasteiger partial charge in [-0.05, 0) is 61.4 Å². The lowest BCUT2D eigenvalue weighted by molar-refractivity contribution is -0.137. The van der Waals surface area contributed by atoms with Crippen molar-refractivity contribution in [1.29, 1.82) is 0 Å². The van der Waals surface area contributed by atoms with Gasteiger partial charge in [0.15, 0.2) is 0 Å². The maximum Gasteiger partial charge on any atom is 0.416 e. The van der Waals surface area contributed by atoms with E-state index in [1.807, 2.05) is 32.0 Å². The van der Waals surface area contributed by atoms with Crippen molar-refractivity contribution in [3.63, 3.8) is 0 Å². The summed E-state index contributed by atoms with van der Waals surface area (Å²) in [6.45, 7) is 4.00. The van der Waals surface area contributed by atoms with Crippen LogP contribution in [-0.2, 0) is 6.18 Å². The van der Waals surface area contributed by atoms with Gasteiger partial charge in [-0.1, -0.05) is 12.1 Å². The van der Waals surface area contributed by atoms with E-state index < -0.39 is 17.6 Å². The number of amides is 1. The van der Waals surface area contributed by atoms with E-state index >= 15 is 0 Å². The van der Waals surface area contributed by atoms with Crippen molar-refractivity contribution in [1.82, 2.24) is 4.98 Å². The fourth-order valence-corrected chi connectivity index (χ4v) is 2.62. The van der Waals surface area contributed by atoms with E-state index in [9.17, 15) is 18.0 Å². The highest BCUT2D eigenvalue weighted by atomic mass is 19.4. The summed E-state index contributed by atoms with van der Waals surface area (Å²) in [7, 11) is 0. The van der Waals surface area contributed by atoms with Gasteiger partial charge in [-0.25, -0.2) is 0 Å². The Hall–Kier alpha value is -3.35. The number of nitrogens with zero attached hydrogens (tertiary/aromatic N) is 1. The minimum atomic E-state index is -4.42. The zero-order valence-electron chi connectivity index (χ0n) is 15.3. The number of carbonyl (C=O) groups is 1. The van der Waals surface area contributed by atoms with E-state index in [-0.39, 0.29) is 11.3 Å². The van der Waals surface area contributed by atoms with Crippen molar-refractivity contribution in [2.75, 3.05) is 10.6 Å². The summed E-state index contributed by atoms with van der Waals surface area (Å²) in [5.74, 6) is -0.461. The second kappa shape index (κ2) is 7.72. The van der Waals surface area contributed by atoms with Crippen LogP contribution in [0.2, 0.25) is 0 Å². The van der Waals surface area contributed by atoms with E-state index in [0.29, 0.717) is 5.69 Å². The van der Waals surface area contributed by atoms with E-state index in [2.05, 4.69) is 15.6 Å². The van der Waals surface area contributed by atoms with E-state index in [1.54, 1.807) is 12.3 Å². The molecule has 0 spiro atoms. The maximum atomic E-state index is 12.6. The Morgan fingerprint density at radius 3 is 2.36 bits per heavy atom. The predicted molar refractivity (Wildman–Crippen MR) is 103 cm³/mol. The summed E-state index contributed by atoms with van der Waals surface area (Å²) >= 11 is 0. The fraction of sp³-hybridized carbons (Fsp3) is 0.143. The summed E-state index contributed by atoms with van der Waals surface area (Å²) in [5, 5.41) is 5.80. The number of nitrogens with one attached hydrogen (secondary N) is 2. The zero-order chi connectivity index (χ0) is 20.3. The Morgan fingerprint density at radius 2 is 1.68 bits per heavy atom. The smallest absolute Gasteiger partial charge is 0.354 e. The standard InChI is InChI=1S/C21H18F3N3O/c1-13-4-3-5-19(14(13)2)26-18-10-15(11-25-12-18)20(28)27-17-8-6-16(7-9-17)21(22,23)24/h3-12,26H,1-2H3,(H,27,28). The Balaban J connectivity index is 1.74. The molecule has 0 fully saturated rings. The van der Waals surface area contributed by atoms with Crippen molar-refractivity contribution < 1.29 is 18.0 Å². The summed E-state index contributed by atoms with van der Waals surface area (Å²) in [5.41, 5.74) is 3.54. The molecule has 0 bridgehead atoms. The molecule has 0 atom stereocenters. The molecular formula is C21H18F3N3O. The first kappa shape index (κ1) is 19.4. The van der Waals surface area contributed by atoms with Gasteiger partial charge in [0, 0.05) is 17.6 Å². The Morgan fingerprint density at radius 1 is 0.964 bits per heavy atom. The summed E-state index contributed by atoms with van der Waals surface area (Å²) in [6, 6.07) is 11.8. The summed E-state index contributed by atoms with van der Waals surface area (Å²) in [4.78, 5) is 16.5. The first-order valence-electron chi connectivity index (χ1n) is 8.51. The average molecular weight is 385 g/mol. The lowest BCUT2D eigenvalue weighted by Crippen LogP contribution is -2.13. The van der Waals surface area contributed by atoms with Crippen LogP contribution in [0.5, 0.6) is 0 Å². The van der Waals surface area contributed by atoms with E-state index in [0.717, 1.165) is 28.9 Å². The number of aryl methyl sites for hydroxylation is 1. The second-order valence-electron chi connectivity index (χ2n) is 6.36. The molecule has 1 amide bonds. The summed E-state index contributed by atoms with van der Waals surface area (Å²) < 4.78 is 37.9. The largest absolute Gasteiger partial charge is 0.416 e. The number of hydrogen-bond donors (Lipinski definition) is 2. The maximum absolute atomic E-state index is 12.6. The number of hydrogen-bond acceptors (Lipinski definition) is 3. The van der Waals surface area contributed by atoms with E-state index in [4.69, 9.17) is 0 Å². The highest BCUT2D eigenvalue weighted by molar-refractivity contribution is 6.04. The number of alkyl halides is 3. The van der Waals surface area contributed by atoms with Gasteiger partial charge in [-0.2, -0.15) is 13.2 Å². The molecule has 4 nitrogen and oxygen atoms in total. The topological polar surface area (TPSA) is 54.0 Å². The highest BCUT2D eigenvalue weighted by Crippen LogP contribution is 2.30. The van der Waals surface area contributed by atoms with E-state index in [1.165, 1.54) is 18.3 Å². The molecule has 0 radical (unpaired) electrons. The number of anilines is 3. The van der Waals surface area contributed by atoms with Gasteiger partial charge in [0.1, 0.15) is 0 Å². The van der Waals surface area contributed by atoms with Gasteiger partial charge in [-0.15, -0.1) is 0 Å². The Labute approximate surface area is 160 Å². The lowest BCUT2D eigenvalue weighted by atomic mass is 10.1. The molecule has 2 aromatic carbocycles. The van der Waals surface area contributed by atoms with Crippen LogP contribution in [0.15, 0.2) is 60.9 Å². The monoisotopic (exact) mass is 385 g/mol. The molecule has 0 aliphatic carbocycles. The van der Waals surface area contributed by atoms with Crippen LogP contribution in [0.25, 0.3) is 0 Å². The molecule has 28 heavy (non-hydrogen) atoms. The third-order valence-corrected chi connectivity index (χ3v) is 4.35. The van der Waals surface area contributed by atoms with Gasteiger partial charge >= 0.3 is 6.18 Å². The van der Waals surface area contributed by atoms with Crippen LogP contribution in [-0.4, -0.2) is 10.9 Å².